The number of hydrogen-bond donors (Lipinski definition) is 1. The Kier molecular flexibility index (Phi) is 1.50. The van der Waals surface area contributed by atoms with Crippen LogP contribution >= 0.6 is 0 Å². The molecule has 1 N–H and O–H groups in total. The zero-order valence-corrected chi connectivity index (χ0v) is 7.57. The van der Waals surface area contributed by atoms with Gasteiger partial charge in [0.25, 0.3) is 0 Å². The van der Waals surface area contributed by atoms with Crippen molar-refractivity contribution in [2.75, 3.05) is 11.9 Å². The van der Waals surface area contributed by atoms with E-state index in [-0.39, 0.29) is 0 Å². The van der Waals surface area contributed by atoms with E-state index in [9.17, 15) is 0 Å². The molecule has 0 atom stereocenters. The second-order valence-corrected chi connectivity index (χ2v) is 3.24. The predicted molar refractivity (Wildman–Crippen MR) is 57.1 cm³/mol. The first-order valence-corrected chi connectivity index (χ1v) is 4.59. The maximum atomic E-state index is 4.34. The maximum Gasteiger partial charge on any atom is 0.112 e. The number of aromatic nitrogens is 2. The summed E-state index contributed by atoms with van der Waals surface area (Å²) >= 11 is 0. The van der Waals surface area contributed by atoms with E-state index in [1.54, 1.807) is 12.4 Å². The first kappa shape index (κ1) is 7.50. The third-order valence-corrected chi connectivity index (χ3v) is 2.37. The first-order valence-electron chi connectivity index (χ1n) is 4.59. The molecule has 0 saturated heterocycles. The predicted octanol–water partition coefficient (Wildman–Crippen LogP) is 2.07. The molecule has 3 heteroatoms. The molecule has 1 aliphatic rings. The van der Waals surface area contributed by atoms with Crippen molar-refractivity contribution in [1.82, 2.24) is 9.97 Å². The average molecular weight is 183 g/mol. The SMILES string of the molecule is C1=Cc2ccc3nccnc3c2NC1. The van der Waals surface area contributed by atoms with E-state index in [1.165, 1.54) is 5.56 Å². The molecule has 2 aromatic rings. The van der Waals surface area contributed by atoms with Gasteiger partial charge in [-0.3, -0.25) is 9.97 Å². The summed E-state index contributed by atoms with van der Waals surface area (Å²) in [4.78, 5) is 8.60. The van der Waals surface area contributed by atoms with Crippen LogP contribution in [0.5, 0.6) is 0 Å². The van der Waals surface area contributed by atoms with Crippen LogP contribution in [0.1, 0.15) is 5.56 Å². The van der Waals surface area contributed by atoms with E-state index in [4.69, 9.17) is 0 Å². The fourth-order valence-corrected chi connectivity index (χ4v) is 1.72. The van der Waals surface area contributed by atoms with Crippen molar-refractivity contribution in [3.8, 4) is 0 Å². The Morgan fingerprint density at radius 1 is 1.14 bits per heavy atom. The van der Waals surface area contributed by atoms with Gasteiger partial charge in [-0.15, -0.1) is 0 Å². The van der Waals surface area contributed by atoms with Gasteiger partial charge in [0.1, 0.15) is 5.52 Å². The Labute approximate surface area is 81.5 Å². The molecule has 2 heterocycles. The van der Waals surface area contributed by atoms with E-state index in [2.05, 4.69) is 33.5 Å². The van der Waals surface area contributed by atoms with Crippen LogP contribution in [-0.2, 0) is 0 Å². The highest BCUT2D eigenvalue weighted by Gasteiger charge is 2.08. The first-order chi connectivity index (χ1) is 6.95. The van der Waals surface area contributed by atoms with Crippen molar-refractivity contribution in [3.63, 3.8) is 0 Å². The second kappa shape index (κ2) is 2.80. The third kappa shape index (κ3) is 0.988. The standard InChI is InChI=1S/C11H9N3/c1-2-8-3-4-9-11(10(8)13-5-1)14-7-6-12-9/h1-4,6-7,13H,5H2. The van der Waals surface area contributed by atoms with Gasteiger partial charge < -0.3 is 5.32 Å². The molecule has 3 nitrogen and oxygen atoms in total. The van der Waals surface area contributed by atoms with Crippen LogP contribution in [0.15, 0.2) is 30.6 Å². The molecule has 1 aliphatic heterocycles. The molecule has 1 aromatic heterocycles. The second-order valence-electron chi connectivity index (χ2n) is 3.24. The number of nitrogens with one attached hydrogen (secondary N) is 1. The van der Waals surface area contributed by atoms with Crippen LogP contribution in [0.25, 0.3) is 17.1 Å². The molecule has 0 bridgehead atoms. The van der Waals surface area contributed by atoms with Gasteiger partial charge in [-0.05, 0) is 11.6 Å². The van der Waals surface area contributed by atoms with E-state index in [0.717, 1.165) is 23.3 Å². The molecule has 0 fully saturated rings. The number of fused-ring (bicyclic) bond motifs is 3. The lowest BCUT2D eigenvalue weighted by atomic mass is 10.1. The van der Waals surface area contributed by atoms with E-state index < -0.39 is 0 Å². The average Bonchev–Trinajstić information content (AvgIpc) is 2.29. The number of hydrogen-bond acceptors (Lipinski definition) is 3. The topological polar surface area (TPSA) is 37.8 Å². The van der Waals surface area contributed by atoms with Gasteiger partial charge in [-0.2, -0.15) is 0 Å². The molecule has 0 unspecified atom stereocenters. The van der Waals surface area contributed by atoms with Gasteiger partial charge in [0.05, 0.1) is 11.2 Å². The lowest BCUT2D eigenvalue weighted by Gasteiger charge is -2.13. The molecule has 0 amide bonds. The lowest BCUT2D eigenvalue weighted by molar-refractivity contribution is 1.26. The summed E-state index contributed by atoms with van der Waals surface area (Å²) in [5, 5.41) is 3.32. The van der Waals surface area contributed by atoms with Crippen LogP contribution in [0, 0.1) is 0 Å². The fraction of sp³-hybridized carbons (Fsp3) is 0.0909. The van der Waals surface area contributed by atoms with Crippen molar-refractivity contribution in [3.05, 3.63) is 36.2 Å². The monoisotopic (exact) mass is 183 g/mol. The summed E-state index contributed by atoms with van der Waals surface area (Å²) in [6, 6.07) is 4.06. The minimum absolute atomic E-state index is 0.864. The maximum absolute atomic E-state index is 4.34. The third-order valence-electron chi connectivity index (χ3n) is 2.37. The molecular formula is C11H9N3. The van der Waals surface area contributed by atoms with E-state index >= 15 is 0 Å². The fourth-order valence-electron chi connectivity index (χ4n) is 1.72. The van der Waals surface area contributed by atoms with Crippen LogP contribution < -0.4 is 5.32 Å². The highest BCUT2D eigenvalue weighted by Crippen LogP contribution is 2.27. The normalized spacial score (nSPS) is 13.7. The highest BCUT2D eigenvalue weighted by molar-refractivity contribution is 5.93. The summed E-state index contributed by atoms with van der Waals surface area (Å²) in [6.07, 6.45) is 7.65. The van der Waals surface area contributed by atoms with Crippen molar-refractivity contribution < 1.29 is 0 Å². The summed E-state index contributed by atoms with van der Waals surface area (Å²) in [6.45, 7) is 0.864. The Hall–Kier alpha value is -1.90. The molecular weight excluding hydrogens is 174 g/mol. The Bertz CT molecular complexity index is 517. The highest BCUT2D eigenvalue weighted by atomic mass is 14.9. The quantitative estimate of drug-likeness (QED) is 0.679. The molecule has 1 aromatic carbocycles. The van der Waals surface area contributed by atoms with Crippen molar-refractivity contribution >= 4 is 22.8 Å². The van der Waals surface area contributed by atoms with Crippen molar-refractivity contribution in [2.45, 2.75) is 0 Å². The van der Waals surface area contributed by atoms with Crippen LogP contribution in [0.2, 0.25) is 0 Å². The minimum Gasteiger partial charge on any atom is -0.379 e. The zero-order chi connectivity index (χ0) is 9.38. The van der Waals surface area contributed by atoms with Gasteiger partial charge in [-0.1, -0.05) is 18.2 Å². The summed E-state index contributed by atoms with van der Waals surface area (Å²) in [7, 11) is 0. The Morgan fingerprint density at radius 2 is 2.07 bits per heavy atom. The smallest absolute Gasteiger partial charge is 0.112 e. The lowest BCUT2D eigenvalue weighted by Crippen LogP contribution is -2.05. The van der Waals surface area contributed by atoms with Crippen LogP contribution in [0.4, 0.5) is 5.69 Å². The minimum atomic E-state index is 0.864. The van der Waals surface area contributed by atoms with E-state index in [0.29, 0.717) is 0 Å². The molecule has 0 aliphatic carbocycles. The number of anilines is 1. The van der Waals surface area contributed by atoms with Gasteiger partial charge in [0.15, 0.2) is 0 Å². The van der Waals surface area contributed by atoms with Gasteiger partial charge in [0, 0.05) is 18.9 Å². The van der Waals surface area contributed by atoms with Crippen LogP contribution in [0.3, 0.4) is 0 Å². The van der Waals surface area contributed by atoms with Gasteiger partial charge in [-0.25, -0.2) is 0 Å². The molecule has 0 saturated carbocycles. The summed E-state index contributed by atoms with van der Waals surface area (Å²) in [5.74, 6) is 0. The van der Waals surface area contributed by atoms with Gasteiger partial charge in [0.2, 0.25) is 0 Å². The number of benzene rings is 1. The summed E-state index contributed by atoms with van der Waals surface area (Å²) in [5.41, 5.74) is 4.17. The number of rotatable bonds is 0. The Morgan fingerprint density at radius 3 is 3.07 bits per heavy atom. The summed E-state index contributed by atoms with van der Waals surface area (Å²) < 4.78 is 0. The molecule has 68 valence electrons. The molecule has 3 rings (SSSR count). The molecule has 14 heavy (non-hydrogen) atoms. The van der Waals surface area contributed by atoms with E-state index in [1.807, 2.05) is 6.07 Å². The zero-order valence-electron chi connectivity index (χ0n) is 7.57. The Balaban J connectivity index is 2.41. The van der Waals surface area contributed by atoms with Crippen molar-refractivity contribution in [1.29, 1.82) is 0 Å². The largest absolute Gasteiger partial charge is 0.379 e. The molecule has 0 spiro atoms. The van der Waals surface area contributed by atoms with Crippen molar-refractivity contribution in [2.24, 2.45) is 0 Å². The van der Waals surface area contributed by atoms with Crippen LogP contribution in [-0.4, -0.2) is 16.5 Å². The molecule has 0 radical (unpaired) electrons. The number of nitrogens with zero attached hydrogens (tertiary/aromatic N) is 2. The van der Waals surface area contributed by atoms with Gasteiger partial charge >= 0.3 is 0 Å².